The molecule has 1 atom stereocenters. The summed E-state index contributed by atoms with van der Waals surface area (Å²) < 4.78 is 0. The van der Waals surface area contributed by atoms with Gasteiger partial charge in [0, 0.05) is 12.2 Å². The molecule has 2 aliphatic heterocycles. The number of benzene rings is 1. The number of nitrogens with zero attached hydrogens (tertiary/aromatic N) is 3. The van der Waals surface area contributed by atoms with Crippen LogP contribution in [0.2, 0.25) is 0 Å². The van der Waals surface area contributed by atoms with Gasteiger partial charge in [-0.25, -0.2) is 10.0 Å². The quantitative estimate of drug-likeness (QED) is 0.787. The molecule has 1 aromatic rings. The Bertz CT molecular complexity index is 555. The van der Waals surface area contributed by atoms with Crippen LogP contribution in [0, 0.1) is 6.92 Å². The lowest BCUT2D eigenvalue weighted by Gasteiger charge is -2.41. The van der Waals surface area contributed by atoms with Crippen molar-refractivity contribution >= 4 is 17.5 Å². The van der Waals surface area contributed by atoms with Crippen molar-refractivity contribution in [3.8, 4) is 0 Å². The van der Waals surface area contributed by atoms with Crippen LogP contribution in [0.5, 0.6) is 0 Å². The molecule has 2 amide bonds. The zero-order valence-electron chi connectivity index (χ0n) is 12.6. The highest BCUT2D eigenvalue weighted by molar-refractivity contribution is 5.91. The molecule has 2 fully saturated rings. The fourth-order valence-electron chi connectivity index (χ4n) is 3.10. The second-order valence-corrected chi connectivity index (χ2v) is 5.94. The minimum atomic E-state index is 0.00738. The first-order valence-corrected chi connectivity index (χ1v) is 7.50. The van der Waals surface area contributed by atoms with Gasteiger partial charge in [0.25, 0.3) is 11.8 Å². The Labute approximate surface area is 125 Å². The van der Waals surface area contributed by atoms with Crippen LogP contribution in [-0.4, -0.2) is 47.5 Å². The second-order valence-electron chi connectivity index (χ2n) is 5.94. The zero-order chi connectivity index (χ0) is 15.0. The van der Waals surface area contributed by atoms with Crippen molar-refractivity contribution < 1.29 is 9.59 Å². The Hall–Kier alpha value is -2.04. The predicted molar refractivity (Wildman–Crippen MR) is 80.6 cm³/mol. The van der Waals surface area contributed by atoms with Crippen LogP contribution in [-0.2, 0) is 9.59 Å². The fourth-order valence-corrected chi connectivity index (χ4v) is 3.10. The molecule has 112 valence electrons. The maximum absolute atomic E-state index is 12.5. The van der Waals surface area contributed by atoms with Gasteiger partial charge < -0.3 is 4.90 Å². The average Bonchev–Trinajstić information content (AvgIpc) is 2.58. The summed E-state index contributed by atoms with van der Waals surface area (Å²) in [5, 5.41) is 3.31. The number of amides is 2. The topological polar surface area (TPSA) is 43.9 Å². The van der Waals surface area contributed by atoms with Gasteiger partial charge in [-0.3, -0.25) is 9.59 Å². The summed E-state index contributed by atoms with van der Waals surface area (Å²) in [5.74, 6) is 0.0154. The molecule has 0 N–H and O–H groups in total. The second kappa shape index (κ2) is 5.39. The highest BCUT2D eigenvalue weighted by atomic mass is 16.2. The molecule has 3 rings (SSSR count). The summed E-state index contributed by atoms with van der Waals surface area (Å²) >= 11 is 0. The molecule has 0 saturated carbocycles. The van der Waals surface area contributed by atoms with E-state index in [1.165, 1.54) is 5.56 Å². The predicted octanol–water partition coefficient (Wildman–Crippen LogP) is 1.57. The van der Waals surface area contributed by atoms with E-state index in [1.54, 1.807) is 10.0 Å². The summed E-state index contributed by atoms with van der Waals surface area (Å²) in [7, 11) is 0. The first kappa shape index (κ1) is 13.9. The van der Waals surface area contributed by atoms with E-state index in [0.717, 1.165) is 18.5 Å². The van der Waals surface area contributed by atoms with Crippen molar-refractivity contribution in [2.45, 2.75) is 32.7 Å². The lowest BCUT2D eigenvalue weighted by molar-refractivity contribution is -0.169. The normalized spacial score (nSPS) is 23.1. The first-order valence-electron chi connectivity index (χ1n) is 7.50. The standard InChI is InChI=1S/C16H21N3O2/c1-12-5-7-14(8-6-12)17-10-15(20)18-9-3-4-13(2)19(18)16(21)11-17/h5-8,13H,3-4,9-11H2,1-2H3/t13-/m0/s1. The van der Waals surface area contributed by atoms with E-state index in [0.29, 0.717) is 6.54 Å². The lowest BCUT2D eigenvalue weighted by Crippen LogP contribution is -2.56. The molecule has 2 aliphatic rings. The van der Waals surface area contributed by atoms with Crippen LogP contribution in [0.3, 0.4) is 0 Å². The van der Waals surface area contributed by atoms with Gasteiger partial charge >= 0.3 is 0 Å². The molecule has 5 nitrogen and oxygen atoms in total. The number of hydrogen-bond donors (Lipinski definition) is 0. The molecule has 0 aromatic heterocycles. The number of rotatable bonds is 1. The first-order chi connectivity index (χ1) is 10.1. The minimum Gasteiger partial charge on any atom is -0.353 e. The zero-order valence-corrected chi connectivity index (χ0v) is 12.6. The highest BCUT2D eigenvalue weighted by Crippen LogP contribution is 2.23. The van der Waals surface area contributed by atoms with Gasteiger partial charge in [0.1, 0.15) is 0 Å². The molecule has 0 radical (unpaired) electrons. The third kappa shape index (κ3) is 2.60. The monoisotopic (exact) mass is 287 g/mol. The van der Waals surface area contributed by atoms with Crippen LogP contribution in [0.1, 0.15) is 25.3 Å². The number of hydrazine groups is 1. The number of aryl methyl sites for hydroxylation is 1. The van der Waals surface area contributed by atoms with Gasteiger partial charge in [-0.1, -0.05) is 17.7 Å². The van der Waals surface area contributed by atoms with Crippen molar-refractivity contribution in [2.75, 3.05) is 24.5 Å². The van der Waals surface area contributed by atoms with Crippen LogP contribution < -0.4 is 4.90 Å². The van der Waals surface area contributed by atoms with Gasteiger partial charge in [0.2, 0.25) is 0 Å². The minimum absolute atomic E-state index is 0.00738. The van der Waals surface area contributed by atoms with Gasteiger partial charge in [0.05, 0.1) is 19.1 Å². The molecule has 0 spiro atoms. The molecule has 0 aliphatic carbocycles. The molecular weight excluding hydrogens is 266 g/mol. The van der Waals surface area contributed by atoms with E-state index in [4.69, 9.17) is 0 Å². The maximum atomic E-state index is 12.5. The van der Waals surface area contributed by atoms with Gasteiger partial charge in [-0.05, 0) is 38.8 Å². The Morgan fingerprint density at radius 1 is 1.05 bits per heavy atom. The van der Waals surface area contributed by atoms with Crippen molar-refractivity contribution in [1.82, 2.24) is 10.0 Å². The maximum Gasteiger partial charge on any atom is 0.260 e. The summed E-state index contributed by atoms with van der Waals surface area (Å²) in [6.45, 7) is 5.21. The van der Waals surface area contributed by atoms with Crippen molar-refractivity contribution in [3.63, 3.8) is 0 Å². The summed E-state index contributed by atoms with van der Waals surface area (Å²) in [4.78, 5) is 26.9. The Balaban J connectivity index is 1.88. The SMILES string of the molecule is Cc1ccc(N2CC(=O)N3CCC[C@H](C)N3C(=O)C2)cc1. The van der Waals surface area contributed by atoms with Gasteiger partial charge in [-0.15, -0.1) is 0 Å². The molecule has 2 saturated heterocycles. The molecule has 21 heavy (non-hydrogen) atoms. The highest BCUT2D eigenvalue weighted by Gasteiger charge is 2.37. The van der Waals surface area contributed by atoms with Crippen LogP contribution in [0.25, 0.3) is 0 Å². The summed E-state index contributed by atoms with van der Waals surface area (Å²) in [5.41, 5.74) is 2.09. The lowest BCUT2D eigenvalue weighted by atomic mass is 10.1. The number of fused-ring (bicyclic) bond motifs is 1. The fraction of sp³-hybridized carbons (Fsp3) is 0.500. The third-order valence-electron chi connectivity index (χ3n) is 4.26. The molecule has 0 unspecified atom stereocenters. The van der Waals surface area contributed by atoms with Crippen LogP contribution in [0.15, 0.2) is 24.3 Å². The molecular formula is C16H21N3O2. The van der Waals surface area contributed by atoms with E-state index < -0.39 is 0 Å². The molecule has 5 heteroatoms. The third-order valence-corrected chi connectivity index (χ3v) is 4.26. The largest absolute Gasteiger partial charge is 0.353 e. The summed E-state index contributed by atoms with van der Waals surface area (Å²) in [6, 6.07) is 8.06. The Morgan fingerprint density at radius 2 is 1.71 bits per heavy atom. The number of anilines is 1. The van der Waals surface area contributed by atoms with Crippen LogP contribution in [0.4, 0.5) is 5.69 Å². The van der Waals surface area contributed by atoms with Crippen molar-refractivity contribution in [2.24, 2.45) is 0 Å². The average molecular weight is 287 g/mol. The number of carbonyl (C=O) groups is 2. The van der Waals surface area contributed by atoms with E-state index in [1.807, 2.05) is 43.0 Å². The van der Waals surface area contributed by atoms with Gasteiger partial charge in [0.15, 0.2) is 0 Å². The van der Waals surface area contributed by atoms with Crippen molar-refractivity contribution in [1.29, 1.82) is 0 Å². The smallest absolute Gasteiger partial charge is 0.260 e. The van der Waals surface area contributed by atoms with E-state index in [9.17, 15) is 9.59 Å². The van der Waals surface area contributed by atoms with E-state index >= 15 is 0 Å². The molecule has 2 heterocycles. The van der Waals surface area contributed by atoms with E-state index in [2.05, 4.69) is 0 Å². The number of hydrogen-bond acceptors (Lipinski definition) is 3. The molecule has 0 bridgehead atoms. The summed E-state index contributed by atoms with van der Waals surface area (Å²) in [6.07, 6.45) is 1.92. The van der Waals surface area contributed by atoms with E-state index in [-0.39, 0.29) is 30.9 Å². The van der Waals surface area contributed by atoms with Crippen molar-refractivity contribution in [3.05, 3.63) is 29.8 Å². The van der Waals surface area contributed by atoms with Gasteiger partial charge in [-0.2, -0.15) is 0 Å². The number of carbonyl (C=O) groups excluding carboxylic acids is 2. The Kier molecular flexibility index (Phi) is 3.57. The molecule has 1 aromatic carbocycles. The van der Waals surface area contributed by atoms with Crippen LogP contribution >= 0.6 is 0 Å². The Morgan fingerprint density at radius 3 is 2.43 bits per heavy atom.